The third-order valence-electron chi connectivity index (χ3n) is 5.27. The maximum absolute atomic E-state index is 13.1. The molecule has 3 aromatic carbocycles. The van der Waals surface area contributed by atoms with Crippen molar-refractivity contribution in [2.45, 2.75) is 13.5 Å². The van der Waals surface area contributed by atoms with Crippen molar-refractivity contribution in [2.24, 2.45) is 0 Å². The third-order valence-corrected chi connectivity index (χ3v) is 6.34. The maximum atomic E-state index is 13.1. The fourth-order valence-electron chi connectivity index (χ4n) is 3.72. The van der Waals surface area contributed by atoms with Crippen molar-refractivity contribution in [1.82, 2.24) is 9.55 Å². The van der Waals surface area contributed by atoms with Crippen LogP contribution in [0.3, 0.4) is 0 Å². The van der Waals surface area contributed by atoms with Crippen LogP contribution in [0.2, 0.25) is 0 Å². The molecular formula is C25H19N3O2S. The lowest BCUT2D eigenvalue weighted by Crippen LogP contribution is -2.29. The summed E-state index contributed by atoms with van der Waals surface area (Å²) in [5.41, 5.74) is 1.57. The van der Waals surface area contributed by atoms with E-state index in [9.17, 15) is 9.59 Å². The second kappa shape index (κ2) is 7.81. The van der Waals surface area contributed by atoms with Gasteiger partial charge < -0.3 is 5.32 Å². The van der Waals surface area contributed by atoms with E-state index >= 15 is 0 Å². The van der Waals surface area contributed by atoms with Crippen molar-refractivity contribution in [2.75, 3.05) is 5.32 Å². The lowest BCUT2D eigenvalue weighted by Gasteiger charge is -2.11. The van der Waals surface area contributed by atoms with Crippen molar-refractivity contribution in [3.8, 4) is 10.4 Å². The number of aromatic nitrogens is 2. The molecule has 2 aromatic heterocycles. The molecule has 0 radical (unpaired) electrons. The average molecular weight is 426 g/mol. The maximum Gasteiger partial charge on any atom is 0.262 e. The molecule has 0 spiro atoms. The first-order valence-corrected chi connectivity index (χ1v) is 10.8. The average Bonchev–Trinajstić information content (AvgIpc) is 3.22. The lowest BCUT2D eigenvalue weighted by atomic mass is 10.1. The van der Waals surface area contributed by atoms with Crippen LogP contribution in [0.15, 0.2) is 83.7 Å². The molecule has 0 aliphatic carbocycles. The van der Waals surface area contributed by atoms with Crippen molar-refractivity contribution >= 4 is 43.9 Å². The SMILES string of the molecule is Cc1nc2sc(-c3ccccc3)cc2c(=O)n1CC(=O)Nc1cccc2ccccc12. The summed E-state index contributed by atoms with van der Waals surface area (Å²) in [5.74, 6) is 0.258. The highest BCUT2D eigenvalue weighted by atomic mass is 32.1. The van der Waals surface area contributed by atoms with E-state index in [-0.39, 0.29) is 18.0 Å². The summed E-state index contributed by atoms with van der Waals surface area (Å²) >= 11 is 1.49. The van der Waals surface area contributed by atoms with Crippen molar-refractivity contribution < 1.29 is 4.79 Å². The van der Waals surface area contributed by atoms with Gasteiger partial charge in [-0.15, -0.1) is 11.3 Å². The minimum atomic E-state index is -0.263. The van der Waals surface area contributed by atoms with Gasteiger partial charge in [-0.1, -0.05) is 66.7 Å². The first kappa shape index (κ1) is 19.2. The highest BCUT2D eigenvalue weighted by Crippen LogP contribution is 2.31. The number of carbonyl (C=O) groups excluding carboxylic acids is 1. The van der Waals surface area contributed by atoms with E-state index in [1.54, 1.807) is 6.92 Å². The molecule has 31 heavy (non-hydrogen) atoms. The van der Waals surface area contributed by atoms with Crippen molar-refractivity contribution in [3.05, 3.63) is 95.0 Å². The zero-order chi connectivity index (χ0) is 21.4. The summed E-state index contributed by atoms with van der Waals surface area (Å²) in [6.07, 6.45) is 0. The molecular weight excluding hydrogens is 406 g/mol. The Bertz CT molecular complexity index is 1480. The van der Waals surface area contributed by atoms with Gasteiger partial charge in [0.2, 0.25) is 5.91 Å². The summed E-state index contributed by atoms with van der Waals surface area (Å²) in [6.45, 7) is 1.67. The summed E-state index contributed by atoms with van der Waals surface area (Å²) in [4.78, 5) is 32.2. The third kappa shape index (κ3) is 3.62. The molecule has 0 unspecified atom stereocenters. The number of carbonyl (C=O) groups is 1. The Kier molecular flexibility index (Phi) is 4.84. The van der Waals surface area contributed by atoms with E-state index in [1.165, 1.54) is 15.9 Å². The number of fused-ring (bicyclic) bond motifs is 2. The zero-order valence-corrected chi connectivity index (χ0v) is 17.6. The van der Waals surface area contributed by atoms with Crippen LogP contribution in [-0.4, -0.2) is 15.5 Å². The Balaban J connectivity index is 1.47. The van der Waals surface area contributed by atoms with E-state index in [0.717, 1.165) is 26.9 Å². The molecule has 152 valence electrons. The molecule has 0 fully saturated rings. The van der Waals surface area contributed by atoms with E-state index in [4.69, 9.17) is 0 Å². The van der Waals surface area contributed by atoms with Gasteiger partial charge in [0.25, 0.3) is 5.56 Å². The van der Waals surface area contributed by atoms with E-state index < -0.39 is 0 Å². The molecule has 1 N–H and O–H groups in total. The van der Waals surface area contributed by atoms with Crippen LogP contribution in [0, 0.1) is 6.92 Å². The fraction of sp³-hybridized carbons (Fsp3) is 0.0800. The van der Waals surface area contributed by atoms with E-state index in [1.807, 2.05) is 78.9 Å². The first-order chi connectivity index (χ1) is 15.1. The normalized spacial score (nSPS) is 11.1. The predicted octanol–water partition coefficient (Wildman–Crippen LogP) is 5.23. The van der Waals surface area contributed by atoms with Crippen LogP contribution in [0.1, 0.15) is 5.82 Å². The second-order valence-corrected chi connectivity index (χ2v) is 8.35. The molecule has 0 saturated heterocycles. The molecule has 0 aliphatic rings. The number of hydrogen-bond acceptors (Lipinski definition) is 4. The van der Waals surface area contributed by atoms with Gasteiger partial charge >= 0.3 is 0 Å². The van der Waals surface area contributed by atoms with Gasteiger partial charge in [-0.2, -0.15) is 0 Å². The number of nitrogens with one attached hydrogen (secondary N) is 1. The molecule has 1 amide bonds. The van der Waals surface area contributed by atoms with Crippen LogP contribution in [0.4, 0.5) is 5.69 Å². The number of amides is 1. The Morgan fingerprint density at radius 3 is 2.55 bits per heavy atom. The van der Waals surface area contributed by atoms with Gasteiger partial charge in [0.1, 0.15) is 17.2 Å². The topological polar surface area (TPSA) is 64.0 Å². The van der Waals surface area contributed by atoms with Crippen molar-refractivity contribution in [1.29, 1.82) is 0 Å². The number of hydrogen-bond donors (Lipinski definition) is 1. The minimum Gasteiger partial charge on any atom is -0.324 e. The Morgan fingerprint density at radius 2 is 1.71 bits per heavy atom. The second-order valence-electron chi connectivity index (χ2n) is 7.32. The van der Waals surface area contributed by atoms with Crippen LogP contribution < -0.4 is 10.9 Å². The standard InChI is InChI=1S/C25H19N3O2S/c1-16-26-24-20(14-22(31-24)18-9-3-2-4-10-18)25(30)28(16)15-23(29)27-21-13-7-11-17-8-5-6-12-19(17)21/h2-14H,15H2,1H3,(H,27,29). The Morgan fingerprint density at radius 1 is 0.968 bits per heavy atom. The predicted molar refractivity (Wildman–Crippen MR) is 127 cm³/mol. The number of aryl methyl sites for hydroxylation is 1. The van der Waals surface area contributed by atoms with Gasteiger partial charge in [0, 0.05) is 16.0 Å². The largest absolute Gasteiger partial charge is 0.324 e. The zero-order valence-electron chi connectivity index (χ0n) is 16.8. The van der Waals surface area contributed by atoms with Gasteiger partial charge in [-0.25, -0.2) is 4.98 Å². The molecule has 5 nitrogen and oxygen atoms in total. The molecule has 6 heteroatoms. The summed E-state index contributed by atoms with van der Waals surface area (Å²) in [7, 11) is 0. The summed E-state index contributed by atoms with van der Waals surface area (Å²) < 4.78 is 1.43. The number of thiophene rings is 1. The van der Waals surface area contributed by atoms with Gasteiger partial charge in [-0.3, -0.25) is 14.2 Å². The molecule has 0 bridgehead atoms. The fourth-order valence-corrected chi connectivity index (χ4v) is 4.79. The van der Waals surface area contributed by atoms with Gasteiger partial charge in [-0.05, 0) is 30.0 Å². The number of benzene rings is 3. The Labute approximate surface area is 182 Å². The molecule has 0 saturated carbocycles. The summed E-state index contributed by atoms with van der Waals surface area (Å²) in [6, 6.07) is 25.4. The van der Waals surface area contributed by atoms with Gasteiger partial charge in [0.05, 0.1) is 5.39 Å². The molecule has 0 aliphatic heterocycles. The first-order valence-electron chi connectivity index (χ1n) is 9.94. The van der Waals surface area contributed by atoms with E-state index in [0.29, 0.717) is 16.0 Å². The van der Waals surface area contributed by atoms with E-state index in [2.05, 4.69) is 10.3 Å². The van der Waals surface area contributed by atoms with Crippen LogP contribution in [0.5, 0.6) is 0 Å². The van der Waals surface area contributed by atoms with Crippen molar-refractivity contribution in [3.63, 3.8) is 0 Å². The molecule has 0 atom stereocenters. The molecule has 5 rings (SSSR count). The number of rotatable bonds is 4. The van der Waals surface area contributed by atoms with Crippen LogP contribution in [0.25, 0.3) is 31.4 Å². The lowest BCUT2D eigenvalue weighted by molar-refractivity contribution is -0.116. The quantitative estimate of drug-likeness (QED) is 0.429. The summed E-state index contributed by atoms with van der Waals surface area (Å²) in [5, 5.41) is 5.48. The van der Waals surface area contributed by atoms with Gasteiger partial charge in [0.15, 0.2) is 0 Å². The number of anilines is 1. The van der Waals surface area contributed by atoms with Crippen LogP contribution >= 0.6 is 11.3 Å². The Hall–Kier alpha value is -3.77. The highest BCUT2D eigenvalue weighted by molar-refractivity contribution is 7.21. The van der Waals surface area contributed by atoms with Crippen LogP contribution in [-0.2, 0) is 11.3 Å². The minimum absolute atomic E-state index is 0.0899. The highest BCUT2D eigenvalue weighted by Gasteiger charge is 2.15. The monoisotopic (exact) mass is 425 g/mol. The smallest absolute Gasteiger partial charge is 0.262 e. The number of nitrogens with zero attached hydrogens (tertiary/aromatic N) is 2. The molecule has 5 aromatic rings. The molecule has 2 heterocycles.